The van der Waals surface area contributed by atoms with Crippen molar-refractivity contribution in [1.29, 1.82) is 0 Å². The van der Waals surface area contributed by atoms with Gasteiger partial charge in [-0.2, -0.15) is 0 Å². The average Bonchev–Trinajstić information content (AvgIpc) is 2.28. The maximum absolute atomic E-state index is 5.46. The molecule has 1 N–H and O–H groups in total. The first kappa shape index (κ1) is 12.6. The highest BCUT2D eigenvalue weighted by Gasteiger charge is 2.48. The van der Waals surface area contributed by atoms with Gasteiger partial charge in [0, 0.05) is 25.1 Å². The van der Waals surface area contributed by atoms with Crippen LogP contribution in [0, 0.1) is 12.3 Å². The molecule has 2 rings (SSSR count). The lowest BCUT2D eigenvalue weighted by molar-refractivity contribution is -0.0979. The molecule has 0 aliphatic heterocycles. The SMILES string of the molecule is COC1CC(NCc2cccc(C)c2)C1(C)C. The third kappa shape index (κ3) is 2.53. The number of rotatable bonds is 4. The third-order valence-corrected chi connectivity index (χ3v) is 4.10. The topological polar surface area (TPSA) is 21.3 Å². The van der Waals surface area contributed by atoms with Crippen LogP contribution in [-0.2, 0) is 11.3 Å². The first-order valence-corrected chi connectivity index (χ1v) is 6.35. The maximum atomic E-state index is 5.46. The summed E-state index contributed by atoms with van der Waals surface area (Å²) in [7, 11) is 1.81. The largest absolute Gasteiger partial charge is 0.381 e. The van der Waals surface area contributed by atoms with E-state index in [9.17, 15) is 0 Å². The predicted octanol–water partition coefficient (Wildman–Crippen LogP) is 2.90. The highest BCUT2D eigenvalue weighted by Crippen LogP contribution is 2.42. The Hall–Kier alpha value is -0.860. The van der Waals surface area contributed by atoms with E-state index in [-0.39, 0.29) is 5.41 Å². The Morgan fingerprint density at radius 2 is 2.18 bits per heavy atom. The quantitative estimate of drug-likeness (QED) is 0.863. The van der Waals surface area contributed by atoms with Crippen molar-refractivity contribution in [3.05, 3.63) is 35.4 Å². The van der Waals surface area contributed by atoms with Gasteiger partial charge >= 0.3 is 0 Å². The van der Waals surface area contributed by atoms with E-state index in [4.69, 9.17) is 4.74 Å². The van der Waals surface area contributed by atoms with Gasteiger partial charge in [0.15, 0.2) is 0 Å². The van der Waals surface area contributed by atoms with E-state index >= 15 is 0 Å². The van der Waals surface area contributed by atoms with Gasteiger partial charge in [0.1, 0.15) is 0 Å². The summed E-state index contributed by atoms with van der Waals surface area (Å²) in [6.45, 7) is 7.64. The summed E-state index contributed by atoms with van der Waals surface area (Å²) in [5.74, 6) is 0. The third-order valence-electron chi connectivity index (χ3n) is 4.10. The summed E-state index contributed by atoms with van der Waals surface area (Å²) in [6.07, 6.45) is 1.52. The second-order valence-electron chi connectivity index (χ2n) is 5.70. The van der Waals surface area contributed by atoms with Crippen LogP contribution < -0.4 is 5.32 Å². The van der Waals surface area contributed by atoms with Gasteiger partial charge in [0.05, 0.1) is 6.10 Å². The summed E-state index contributed by atoms with van der Waals surface area (Å²) in [4.78, 5) is 0. The van der Waals surface area contributed by atoms with E-state index < -0.39 is 0 Å². The van der Waals surface area contributed by atoms with Crippen LogP contribution >= 0.6 is 0 Å². The lowest BCUT2D eigenvalue weighted by Gasteiger charge is -2.51. The Labute approximate surface area is 104 Å². The number of nitrogens with one attached hydrogen (secondary N) is 1. The normalized spacial score (nSPS) is 26.6. The van der Waals surface area contributed by atoms with Gasteiger partial charge in [0.2, 0.25) is 0 Å². The molecule has 2 atom stereocenters. The summed E-state index contributed by atoms with van der Waals surface area (Å²) in [6, 6.07) is 9.24. The van der Waals surface area contributed by atoms with Gasteiger partial charge in [-0.15, -0.1) is 0 Å². The van der Waals surface area contributed by atoms with Crippen molar-refractivity contribution in [2.24, 2.45) is 5.41 Å². The van der Waals surface area contributed by atoms with Crippen LogP contribution in [0.3, 0.4) is 0 Å². The molecule has 1 aliphatic carbocycles. The fraction of sp³-hybridized carbons (Fsp3) is 0.600. The molecule has 0 radical (unpaired) electrons. The maximum Gasteiger partial charge on any atom is 0.0652 e. The fourth-order valence-electron chi connectivity index (χ4n) is 2.69. The van der Waals surface area contributed by atoms with E-state index in [1.807, 2.05) is 7.11 Å². The van der Waals surface area contributed by atoms with E-state index in [2.05, 4.69) is 50.4 Å². The van der Waals surface area contributed by atoms with E-state index in [0.29, 0.717) is 12.1 Å². The molecule has 1 saturated carbocycles. The first-order chi connectivity index (χ1) is 8.04. The molecule has 94 valence electrons. The first-order valence-electron chi connectivity index (χ1n) is 6.35. The molecule has 0 heterocycles. The number of aryl methyl sites for hydroxylation is 1. The number of ether oxygens (including phenoxy) is 1. The van der Waals surface area contributed by atoms with Crippen molar-refractivity contribution in [2.45, 2.75) is 45.9 Å². The van der Waals surface area contributed by atoms with Crippen LogP contribution in [0.5, 0.6) is 0 Å². The Bertz CT molecular complexity index is 386. The molecule has 0 spiro atoms. The molecule has 0 bridgehead atoms. The summed E-state index contributed by atoms with van der Waals surface area (Å²) >= 11 is 0. The minimum Gasteiger partial charge on any atom is -0.381 e. The zero-order chi connectivity index (χ0) is 12.5. The van der Waals surface area contributed by atoms with Gasteiger partial charge in [-0.1, -0.05) is 43.7 Å². The molecule has 2 unspecified atom stereocenters. The van der Waals surface area contributed by atoms with Crippen molar-refractivity contribution in [1.82, 2.24) is 5.32 Å². The van der Waals surface area contributed by atoms with Gasteiger partial charge < -0.3 is 10.1 Å². The highest BCUT2D eigenvalue weighted by atomic mass is 16.5. The lowest BCUT2D eigenvalue weighted by atomic mass is 9.64. The summed E-state index contributed by atoms with van der Waals surface area (Å²) in [5.41, 5.74) is 2.94. The Kier molecular flexibility index (Phi) is 3.55. The molecule has 0 amide bonds. The fourth-order valence-corrected chi connectivity index (χ4v) is 2.69. The van der Waals surface area contributed by atoms with Crippen LogP contribution in [0.15, 0.2) is 24.3 Å². The molecule has 0 saturated heterocycles. The van der Waals surface area contributed by atoms with Crippen molar-refractivity contribution in [2.75, 3.05) is 7.11 Å². The number of methoxy groups -OCH3 is 1. The number of hydrogen-bond acceptors (Lipinski definition) is 2. The number of benzene rings is 1. The molecule has 17 heavy (non-hydrogen) atoms. The predicted molar refractivity (Wildman–Crippen MR) is 71.0 cm³/mol. The van der Waals surface area contributed by atoms with Gasteiger partial charge in [-0.25, -0.2) is 0 Å². The second-order valence-corrected chi connectivity index (χ2v) is 5.70. The van der Waals surface area contributed by atoms with Crippen molar-refractivity contribution >= 4 is 0 Å². The zero-order valence-corrected chi connectivity index (χ0v) is 11.3. The average molecular weight is 233 g/mol. The summed E-state index contributed by atoms with van der Waals surface area (Å²) in [5, 5.41) is 3.64. The molecular weight excluding hydrogens is 210 g/mol. The van der Waals surface area contributed by atoms with Crippen LogP contribution in [0.1, 0.15) is 31.4 Å². The van der Waals surface area contributed by atoms with Crippen LogP contribution in [0.2, 0.25) is 0 Å². The molecule has 2 heteroatoms. The molecule has 1 aromatic rings. The van der Waals surface area contributed by atoms with Gasteiger partial charge in [-0.05, 0) is 18.9 Å². The monoisotopic (exact) mass is 233 g/mol. The molecule has 2 nitrogen and oxygen atoms in total. The standard InChI is InChI=1S/C15H23NO/c1-11-6-5-7-12(8-11)10-16-13-9-14(17-4)15(13,2)3/h5-8,13-14,16H,9-10H2,1-4H3. The van der Waals surface area contributed by atoms with E-state index in [1.54, 1.807) is 0 Å². The van der Waals surface area contributed by atoms with Crippen molar-refractivity contribution in [3.8, 4) is 0 Å². The lowest BCUT2D eigenvalue weighted by Crippen LogP contribution is -2.60. The van der Waals surface area contributed by atoms with Crippen molar-refractivity contribution < 1.29 is 4.74 Å². The highest BCUT2D eigenvalue weighted by molar-refractivity contribution is 5.22. The smallest absolute Gasteiger partial charge is 0.0652 e. The molecule has 1 aromatic carbocycles. The number of hydrogen-bond donors (Lipinski definition) is 1. The van der Waals surface area contributed by atoms with E-state index in [0.717, 1.165) is 13.0 Å². The van der Waals surface area contributed by atoms with E-state index in [1.165, 1.54) is 11.1 Å². The molecule has 0 aromatic heterocycles. The zero-order valence-electron chi connectivity index (χ0n) is 11.3. The van der Waals surface area contributed by atoms with Crippen molar-refractivity contribution in [3.63, 3.8) is 0 Å². The van der Waals surface area contributed by atoms with Crippen LogP contribution in [-0.4, -0.2) is 19.3 Å². The summed E-state index contributed by atoms with van der Waals surface area (Å²) < 4.78 is 5.46. The van der Waals surface area contributed by atoms with Crippen LogP contribution in [0.4, 0.5) is 0 Å². The second kappa shape index (κ2) is 4.79. The van der Waals surface area contributed by atoms with Crippen LogP contribution in [0.25, 0.3) is 0 Å². The minimum atomic E-state index is 0.249. The molecule has 1 fully saturated rings. The van der Waals surface area contributed by atoms with Gasteiger partial charge in [0.25, 0.3) is 0 Å². The Morgan fingerprint density at radius 1 is 1.41 bits per heavy atom. The van der Waals surface area contributed by atoms with Gasteiger partial charge in [-0.3, -0.25) is 0 Å². The Morgan fingerprint density at radius 3 is 2.76 bits per heavy atom. The Balaban J connectivity index is 1.88. The molecular formula is C15H23NO. The minimum absolute atomic E-state index is 0.249. The molecule has 1 aliphatic rings.